The van der Waals surface area contributed by atoms with Crippen LogP contribution in [-0.2, 0) is 14.4 Å². The van der Waals surface area contributed by atoms with E-state index in [1.165, 1.54) is 29.7 Å². The zero-order valence-electron chi connectivity index (χ0n) is 24.0. The highest BCUT2D eigenvalue weighted by Crippen LogP contribution is 2.30. The lowest BCUT2D eigenvalue weighted by atomic mass is 9.82. The summed E-state index contributed by atoms with van der Waals surface area (Å²) in [6.07, 6.45) is 9.41. The molecule has 1 saturated carbocycles. The Morgan fingerprint density at radius 3 is 2.38 bits per heavy atom. The number of hydrogen-bond acceptors (Lipinski definition) is 8. The van der Waals surface area contributed by atoms with Crippen LogP contribution in [0.25, 0.3) is 0 Å². The van der Waals surface area contributed by atoms with Crippen molar-refractivity contribution in [3.63, 3.8) is 0 Å². The van der Waals surface area contributed by atoms with Crippen LogP contribution in [0.15, 0.2) is 36.9 Å². The average molecular weight is 601 g/mol. The van der Waals surface area contributed by atoms with Crippen LogP contribution in [0.3, 0.4) is 0 Å². The third-order valence-corrected chi connectivity index (χ3v) is 7.93. The Morgan fingerprint density at radius 1 is 1.05 bits per heavy atom. The number of rotatable bonds is 9. The quantitative estimate of drug-likeness (QED) is 0.392. The molecule has 0 spiro atoms. The fraction of sp³-hybridized carbons (Fsp3) is 0.552. The maximum Gasteiger partial charge on any atom is 0.326 e. The predicted octanol–water partition coefficient (Wildman–Crippen LogP) is 2.87. The fourth-order valence-electron chi connectivity index (χ4n) is 5.51. The van der Waals surface area contributed by atoms with Crippen LogP contribution >= 0.6 is 11.6 Å². The van der Waals surface area contributed by atoms with Crippen LogP contribution in [0.2, 0.25) is 5.02 Å². The van der Waals surface area contributed by atoms with Gasteiger partial charge >= 0.3 is 5.97 Å². The van der Waals surface area contributed by atoms with Gasteiger partial charge in [0.2, 0.25) is 17.7 Å². The first-order chi connectivity index (χ1) is 19.9. The second-order valence-electron chi connectivity index (χ2n) is 11.9. The number of nitrogens with one attached hydrogen (secondary N) is 2. The monoisotopic (exact) mass is 600 g/mol. The van der Waals surface area contributed by atoms with E-state index in [1.54, 1.807) is 32.9 Å². The molecule has 0 aromatic carbocycles. The number of aliphatic carboxylic acids is 1. The Labute approximate surface area is 249 Å². The molecule has 3 heterocycles. The summed E-state index contributed by atoms with van der Waals surface area (Å²) in [4.78, 5) is 66.3. The minimum Gasteiger partial charge on any atom is -0.480 e. The molecule has 0 radical (unpaired) electrons. The molecule has 1 aliphatic heterocycles. The number of carbonyl (C=O) groups is 4. The van der Waals surface area contributed by atoms with Crippen molar-refractivity contribution in [1.29, 1.82) is 0 Å². The van der Waals surface area contributed by atoms with E-state index in [0.717, 1.165) is 32.1 Å². The van der Waals surface area contributed by atoms with Crippen molar-refractivity contribution < 1.29 is 29.0 Å². The number of carboxylic acids is 1. The molecule has 4 atom stereocenters. The maximum absolute atomic E-state index is 14.0. The molecule has 13 heteroatoms. The fourth-order valence-corrected chi connectivity index (χ4v) is 5.62. The predicted molar refractivity (Wildman–Crippen MR) is 153 cm³/mol. The van der Waals surface area contributed by atoms with Gasteiger partial charge in [-0.1, -0.05) is 51.6 Å². The van der Waals surface area contributed by atoms with Crippen molar-refractivity contribution in [3.8, 4) is 5.88 Å². The maximum atomic E-state index is 14.0. The normalized spacial score (nSPS) is 20.8. The van der Waals surface area contributed by atoms with Crippen molar-refractivity contribution in [2.24, 2.45) is 11.3 Å². The first-order valence-corrected chi connectivity index (χ1v) is 14.5. The van der Waals surface area contributed by atoms with Crippen molar-refractivity contribution in [2.45, 2.75) is 83.5 Å². The van der Waals surface area contributed by atoms with E-state index in [9.17, 15) is 24.3 Å². The molecule has 3 amide bonds. The van der Waals surface area contributed by atoms with Gasteiger partial charge in [-0.15, -0.1) is 0 Å². The summed E-state index contributed by atoms with van der Waals surface area (Å²) in [6.45, 7) is 5.38. The summed E-state index contributed by atoms with van der Waals surface area (Å²) >= 11 is 5.90. The average Bonchev–Trinajstić information content (AvgIpc) is 3.40. The summed E-state index contributed by atoms with van der Waals surface area (Å²) in [6, 6.07) is 0.0498. The van der Waals surface area contributed by atoms with E-state index in [-0.39, 0.29) is 30.5 Å². The standard InChI is InChI=1S/C29H37ClN6O6/c1-29(2,3)24(27(39)36-16-19(13-21(36)28(40)41)42-22-10-9-18(30)14-33-22)35-26(38)23(17-7-5-4-6-8-17)34-25(37)20-15-31-11-12-32-20/h9-12,14-15,17,19,21,23-24H,4-8,13,16H2,1-3H3,(H,34,37)(H,35,38)(H,40,41). The van der Waals surface area contributed by atoms with Gasteiger partial charge in [-0.25, -0.2) is 14.8 Å². The van der Waals surface area contributed by atoms with E-state index in [1.807, 2.05) is 0 Å². The van der Waals surface area contributed by atoms with Gasteiger partial charge in [-0.3, -0.25) is 19.4 Å². The largest absolute Gasteiger partial charge is 0.480 e. The summed E-state index contributed by atoms with van der Waals surface area (Å²) in [7, 11) is 0. The highest BCUT2D eigenvalue weighted by atomic mass is 35.5. The van der Waals surface area contributed by atoms with Crippen LogP contribution < -0.4 is 15.4 Å². The van der Waals surface area contributed by atoms with Crippen LogP contribution in [0.4, 0.5) is 0 Å². The molecule has 2 aromatic heterocycles. The number of aromatic nitrogens is 3. The first kappa shape index (κ1) is 31.1. The van der Waals surface area contributed by atoms with E-state index < -0.39 is 53.3 Å². The van der Waals surface area contributed by atoms with Crippen molar-refractivity contribution in [1.82, 2.24) is 30.5 Å². The van der Waals surface area contributed by atoms with Crippen LogP contribution in [0, 0.1) is 11.3 Å². The summed E-state index contributed by atoms with van der Waals surface area (Å²) in [5.41, 5.74) is -0.699. The van der Waals surface area contributed by atoms with Gasteiger partial charge in [0.1, 0.15) is 29.9 Å². The number of pyridine rings is 1. The van der Waals surface area contributed by atoms with Crippen LogP contribution in [0.5, 0.6) is 5.88 Å². The van der Waals surface area contributed by atoms with Crippen LogP contribution in [0.1, 0.15) is 69.8 Å². The van der Waals surface area contributed by atoms with Crippen molar-refractivity contribution in [3.05, 3.63) is 47.6 Å². The minimum atomic E-state index is -1.17. The van der Waals surface area contributed by atoms with Gasteiger partial charge in [0, 0.05) is 31.1 Å². The second kappa shape index (κ2) is 13.5. The van der Waals surface area contributed by atoms with Gasteiger partial charge in [-0.2, -0.15) is 0 Å². The summed E-state index contributed by atoms with van der Waals surface area (Å²) in [5, 5.41) is 16.1. The Bertz CT molecular complexity index is 1270. The molecular formula is C29H37ClN6O6. The molecule has 3 N–H and O–H groups in total. The number of likely N-dealkylation sites (tertiary alicyclic amines) is 1. The lowest BCUT2D eigenvalue weighted by molar-refractivity contribution is -0.151. The van der Waals surface area contributed by atoms with Gasteiger partial charge in [-0.05, 0) is 30.2 Å². The molecule has 12 nitrogen and oxygen atoms in total. The second-order valence-corrected chi connectivity index (χ2v) is 12.3. The lowest BCUT2D eigenvalue weighted by Gasteiger charge is -2.37. The molecule has 4 rings (SSSR count). The molecule has 1 aliphatic carbocycles. The number of carboxylic acid groups (broad SMARTS) is 1. The number of halogens is 1. The van der Waals surface area contributed by atoms with Crippen LogP contribution in [-0.4, -0.2) is 79.4 Å². The van der Waals surface area contributed by atoms with Gasteiger partial charge in [0.25, 0.3) is 5.91 Å². The first-order valence-electron chi connectivity index (χ1n) is 14.1. The van der Waals surface area contributed by atoms with Gasteiger partial charge in [0.05, 0.1) is 17.8 Å². The third-order valence-electron chi connectivity index (χ3n) is 7.70. The molecular weight excluding hydrogens is 564 g/mol. The highest BCUT2D eigenvalue weighted by Gasteiger charge is 2.46. The topological polar surface area (TPSA) is 164 Å². The van der Waals surface area contributed by atoms with E-state index in [4.69, 9.17) is 16.3 Å². The summed E-state index contributed by atoms with van der Waals surface area (Å²) in [5.74, 6) is -2.61. The van der Waals surface area contributed by atoms with E-state index in [2.05, 4.69) is 25.6 Å². The van der Waals surface area contributed by atoms with Crippen molar-refractivity contribution >= 4 is 35.3 Å². The zero-order chi connectivity index (χ0) is 30.4. The SMILES string of the molecule is CC(C)(C)C(NC(=O)C(NC(=O)c1cnccn1)C1CCCCC1)C(=O)N1CC(Oc2ccc(Cl)cn2)CC1C(=O)O. The Kier molecular flexibility index (Phi) is 9.97. The number of nitrogens with zero attached hydrogens (tertiary/aromatic N) is 4. The molecule has 0 bridgehead atoms. The highest BCUT2D eigenvalue weighted by molar-refractivity contribution is 6.30. The number of hydrogen-bond donors (Lipinski definition) is 3. The Balaban J connectivity index is 1.54. The van der Waals surface area contributed by atoms with Gasteiger partial charge in [0.15, 0.2) is 0 Å². The lowest BCUT2D eigenvalue weighted by Crippen LogP contribution is -2.61. The number of ether oxygens (including phenoxy) is 1. The molecule has 226 valence electrons. The third kappa shape index (κ3) is 7.72. The molecule has 42 heavy (non-hydrogen) atoms. The zero-order valence-corrected chi connectivity index (χ0v) is 24.7. The number of carbonyl (C=O) groups excluding carboxylic acids is 3. The minimum absolute atomic E-state index is 0.00196. The molecule has 2 aromatic rings. The van der Waals surface area contributed by atoms with E-state index in [0.29, 0.717) is 5.02 Å². The smallest absolute Gasteiger partial charge is 0.326 e. The summed E-state index contributed by atoms with van der Waals surface area (Å²) < 4.78 is 5.87. The van der Waals surface area contributed by atoms with E-state index >= 15 is 0 Å². The molecule has 4 unspecified atom stereocenters. The molecule has 2 aliphatic rings. The molecule has 2 fully saturated rings. The molecule has 1 saturated heterocycles. The Morgan fingerprint density at radius 2 is 1.79 bits per heavy atom. The Hall–Kier alpha value is -3.80. The van der Waals surface area contributed by atoms with Crippen molar-refractivity contribution in [2.75, 3.05) is 6.54 Å². The number of amides is 3. The van der Waals surface area contributed by atoms with Gasteiger partial charge < -0.3 is 25.4 Å².